The molecule has 4 aromatic rings. The molecule has 3 fully saturated rings. The molecule has 2 bridgehead atoms. The summed E-state index contributed by atoms with van der Waals surface area (Å²) in [5, 5.41) is 22.9. The van der Waals surface area contributed by atoms with Crippen molar-refractivity contribution in [2.75, 3.05) is 45.9 Å². The Balaban J connectivity index is 1.42. The molecule has 50 heavy (non-hydrogen) atoms. The topological polar surface area (TPSA) is 125 Å². The number of piperidine rings is 3. The third-order valence-electron chi connectivity index (χ3n) is 9.42. The molecular formula is C36H37Cl2N3O8S. The Morgan fingerprint density at radius 3 is 2.30 bits per heavy atom. The van der Waals surface area contributed by atoms with E-state index in [9.17, 15) is 19.9 Å². The van der Waals surface area contributed by atoms with Crippen molar-refractivity contribution in [1.29, 1.82) is 0 Å². The summed E-state index contributed by atoms with van der Waals surface area (Å²) in [5.41, 5.74) is 2.14. The van der Waals surface area contributed by atoms with E-state index in [-0.39, 0.29) is 34.0 Å². The van der Waals surface area contributed by atoms with E-state index in [1.54, 1.807) is 36.4 Å². The van der Waals surface area contributed by atoms with E-state index in [0.717, 1.165) is 37.3 Å². The second-order valence-corrected chi connectivity index (χ2v) is 14.2. The molecule has 0 unspecified atom stereocenters. The number of carbonyl (C=O) groups excluding carboxylic acids is 1. The lowest BCUT2D eigenvalue weighted by Crippen LogP contribution is -2.53. The number of fused-ring (bicyclic) bond motifs is 3. The number of hydrogen-bond acceptors (Lipinski definition) is 9. The Morgan fingerprint density at radius 1 is 1.00 bits per heavy atom. The number of aromatic nitrogens is 1. The van der Waals surface area contributed by atoms with Gasteiger partial charge in [0.25, 0.3) is 0 Å². The van der Waals surface area contributed by atoms with Crippen molar-refractivity contribution in [1.82, 2.24) is 4.90 Å². The largest absolute Gasteiger partial charge is 0.619 e. The lowest BCUT2D eigenvalue weighted by atomic mass is 9.85. The highest BCUT2D eigenvalue weighted by Gasteiger charge is 2.38. The molecule has 0 saturated carbocycles. The summed E-state index contributed by atoms with van der Waals surface area (Å²) in [6.07, 6.45) is 3.75. The number of aromatic carboxylic acids is 1. The predicted octanol–water partition coefficient (Wildman–Crippen LogP) is 7.02. The van der Waals surface area contributed by atoms with Crippen LogP contribution in [-0.2, 0) is 17.7 Å². The smallest absolute Gasteiger partial charge is 0.415 e. The average molecular weight is 743 g/mol. The van der Waals surface area contributed by atoms with Crippen molar-refractivity contribution >= 4 is 52.3 Å². The highest BCUT2D eigenvalue weighted by molar-refractivity contribution is 7.14. The Bertz CT molecular complexity index is 1860. The monoisotopic (exact) mass is 741 g/mol. The molecular weight excluding hydrogens is 705 g/mol. The zero-order chi connectivity index (χ0) is 35.5. The number of carbonyl (C=O) groups is 2. The van der Waals surface area contributed by atoms with Crippen molar-refractivity contribution in [2.45, 2.75) is 37.8 Å². The van der Waals surface area contributed by atoms with Gasteiger partial charge in [-0.3, -0.25) is 9.80 Å². The molecule has 1 N–H and O–H groups in total. The average Bonchev–Trinajstić information content (AvgIpc) is 3.54. The van der Waals surface area contributed by atoms with Crippen LogP contribution >= 0.6 is 34.5 Å². The standard InChI is InChI=1S/C36H37Cl2N3O8S/c1-46-30-7-5-4-6-29(30)41(36(44)49-33-20-39-12-10-21(33)11-13-39)17-23-15-25(34(50-23)35(42)43)24(16-26-27(37)18-40(45)19-28(26)38)22-8-9-31(47-2)32(14-22)48-3/h4-9,14-15,18-19,21,24,33H,10-13,16-17,20H2,1-3H3,(H,42,43)/t24-,33-/m0/s1. The number of methoxy groups -OCH3 is 3. The molecule has 2 atom stereocenters. The van der Waals surface area contributed by atoms with Gasteiger partial charge in [-0.1, -0.05) is 41.4 Å². The van der Waals surface area contributed by atoms with Crippen LogP contribution in [0.15, 0.2) is 60.9 Å². The molecule has 2 aromatic heterocycles. The van der Waals surface area contributed by atoms with E-state index in [1.807, 2.05) is 12.1 Å². The number of amides is 1. The minimum atomic E-state index is -1.14. The molecule has 2 aromatic carbocycles. The molecule has 0 radical (unpaired) electrons. The molecule has 11 nitrogen and oxygen atoms in total. The quantitative estimate of drug-likeness (QED) is 0.120. The number of ether oxygens (including phenoxy) is 4. The van der Waals surface area contributed by atoms with E-state index < -0.39 is 18.0 Å². The fourth-order valence-corrected chi connectivity index (χ4v) is 8.51. The Morgan fingerprint density at radius 2 is 1.68 bits per heavy atom. The number of hydrogen-bond donors (Lipinski definition) is 1. The van der Waals surface area contributed by atoms with E-state index >= 15 is 0 Å². The predicted molar refractivity (Wildman–Crippen MR) is 190 cm³/mol. The molecule has 264 valence electrons. The van der Waals surface area contributed by atoms with Crippen LogP contribution in [0.4, 0.5) is 10.5 Å². The lowest BCUT2D eigenvalue weighted by Gasteiger charge is -2.44. The molecule has 0 spiro atoms. The van der Waals surface area contributed by atoms with Gasteiger partial charge in [0.15, 0.2) is 23.9 Å². The van der Waals surface area contributed by atoms with Gasteiger partial charge in [0, 0.05) is 22.9 Å². The van der Waals surface area contributed by atoms with Gasteiger partial charge in [0.1, 0.15) is 26.8 Å². The summed E-state index contributed by atoms with van der Waals surface area (Å²) in [5.74, 6) is -0.0319. The summed E-state index contributed by atoms with van der Waals surface area (Å²) in [6, 6.07) is 14.3. The third-order valence-corrected chi connectivity index (χ3v) is 11.2. The highest BCUT2D eigenvalue weighted by atomic mass is 35.5. The zero-order valence-corrected chi connectivity index (χ0v) is 30.1. The first-order valence-electron chi connectivity index (χ1n) is 16.1. The van der Waals surface area contributed by atoms with Crippen molar-refractivity contribution in [3.63, 3.8) is 0 Å². The summed E-state index contributed by atoms with van der Waals surface area (Å²) >= 11 is 14.1. The van der Waals surface area contributed by atoms with Crippen LogP contribution in [0.25, 0.3) is 0 Å². The second kappa shape index (κ2) is 15.3. The normalized spacial score (nSPS) is 18.7. The van der Waals surface area contributed by atoms with Crippen molar-refractivity contribution < 1.29 is 38.4 Å². The van der Waals surface area contributed by atoms with E-state index in [1.165, 1.54) is 38.6 Å². The van der Waals surface area contributed by atoms with Gasteiger partial charge in [-0.15, -0.1) is 11.3 Å². The fraction of sp³-hybridized carbons (Fsp3) is 0.361. The zero-order valence-electron chi connectivity index (χ0n) is 27.8. The van der Waals surface area contributed by atoms with Gasteiger partial charge >= 0.3 is 12.1 Å². The van der Waals surface area contributed by atoms with Gasteiger partial charge in [-0.2, -0.15) is 4.73 Å². The van der Waals surface area contributed by atoms with Crippen LogP contribution in [0.5, 0.6) is 17.2 Å². The molecule has 3 saturated heterocycles. The second-order valence-electron chi connectivity index (χ2n) is 12.3. The van der Waals surface area contributed by atoms with Crippen molar-refractivity contribution in [3.05, 3.63) is 103 Å². The van der Waals surface area contributed by atoms with Gasteiger partial charge in [0.2, 0.25) is 0 Å². The molecule has 1 amide bonds. The number of nitrogens with zero attached hydrogens (tertiary/aromatic N) is 3. The first kappa shape index (κ1) is 35.6. The number of rotatable bonds is 12. The van der Waals surface area contributed by atoms with Gasteiger partial charge in [0.05, 0.1) is 33.6 Å². The fourth-order valence-electron chi connectivity index (χ4n) is 6.86. The highest BCUT2D eigenvalue weighted by Crippen LogP contribution is 2.42. The van der Waals surface area contributed by atoms with Crippen LogP contribution in [0.1, 0.15) is 50.0 Å². The molecule has 3 aliphatic rings. The van der Waals surface area contributed by atoms with Crippen LogP contribution in [-0.4, -0.2) is 69.1 Å². The number of anilines is 1. The Kier molecular flexibility index (Phi) is 10.9. The summed E-state index contributed by atoms with van der Waals surface area (Å²) < 4.78 is 23.4. The molecule has 14 heteroatoms. The van der Waals surface area contributed by atoms with Gasteiger partial charge in [-0.25, -0.2) is 9.59 Å². The minimum absolute atomic E-state index is 0.0208. The van der Waals surface area contributed by atoms with E-state index in [4.69, 9.17) is 42.1 Å². The van der Waals surface area contributed by atoms with Crippen molar-refractivity contribution in [2.24, 2.45) is 5.92 Å². The Labute approximate surface area is 304 Å². The van der Waals surface area contributed by atoms with Gasteiger partial charge < -0.3 is 29.3 Å². The number of thiophene rings is 1. The van der Waals surface area contributed by atoms with Crippen LogP contribution < -0.4 is 23.8 Å². The van der Waals surface area contributed by atoms with E-state index in [0.29, 0.717) is 61.7 Å². The van der Waals surface area contributed by atoms with Gasteiger partial charge in [-0.05, 0) is 79.7 Å². The molecule has 3 aliphatic heterocycles. The van der Waals surface area contributed by atoms with E-state index in [2.05, 4.69) is 4.90 Å². The molecule has 0 aliphatic carbocycles. The number of carboxylic acid groups (broad SMARTS) is 1. The molecule has 7 rings (SSSR count). The van der Waals surface area contributed by atoms with Crippen LogP contribution in [0.3, 0.4) is 0 Å². The maximum atomic E-state index is 14.1. The number of para-hydroxylation sites is 2. The third kappa shape index (κ3) is 7.44. The number of benzene rings is 2. The maximum Gasteiger partial charge on any atom is 0.415 e. The van der Waals surface area contributed by atoms with Crippen LogP contribution in [0, 0.1) is 11.1 Å². The summed E-state index contributed by atoms with van der Waals surface area (Å²) in [4.78, 5) is 31.4. The minimum Gasteiger partial charge on any atom is -0.619 e. The maximum absolute atomic E-state index is 14.1. The summed E-state index contributed by atoms with van der Waals surface area (Å²) in [7, 11) is 4.57. The van der Waals surface area contributed by atoms with Crippen LogP contribution in [0.2, 0.25) is 10.0 Å². The van der Waals surface area contributed by atoms with Crippen molar-refractivity contribution in [3.8, 4) is 17.2 Å². The molecule has 5 heterocycles. The Hall–Kier alpha value is -4.23. The first-order chi connectivity index (χ1) is 24.1. The number of pyridine rings is 1. The lowest BCUT2D eigenvalue weighted by molar-refractivity contribution is -0.605. The number of halogens is 2. The number of carboxylic acids is 1. The first-order valence-corrected chi connectivity index (χ1v) is 17.6. The summed E-state index contributed by atoms with van der Waals surface area (Å²) in [6.45, 7) is 2.71. The SMILES string of the molecule is COc1ccc([C@H](Cc2c(Cl)c[n+]([O-])cc2Cl)c2cc(CN(C(=O)O[C@H]3CN4CCC3CC4)c3ccccc3OC)sc2C(=O)O)cc1OC.